The van der Waals surface area contributed by atoms with Crippen LogP contribution in [-0.4, -0.2) is 16.7 Å². The second-order valence-electron chi connectivity index (χ2n) is 2.45. The van der Waals surface area contributed by atoms with Crippen molar-refractivity contribution in [1.29, 1.82) is 0 Å². The summed E-state index contributed by atoms with van der Waals surface area (Å²) >= 11 is 5.67. The molecule has 0 aliphatic carbocycles. The summed E-state index contributed by atoms with van der Waals surface area (Å²) in [6, 6.07) is 1.07. The SMILES string of the molecule is CCOCc1c(O)cc(=O)[nH]c1Cl. The van der Waals surface area contributed by atoms with Crippen LogP contribution in [0.15, 0.2) is 10.9 Å². The first kappa shape index (κ1) is 10.1. The molecule has 0 saturated carbocycles. The standard InChI is InChI=1S/C8H10ClNO3/c1-2-13-4-5-6(11)3-7(12)10-8(5)9/h3H,2,4H2,1H3,(H2,10,11,12). The van der Waals surface area contributed by atoms with Crippen molar-refractivity contribution in [3.05, 3.63) is 27.1 Å². The summed E-state index contributed by atoms with van der Waals surface area (Å²) in [6.07, 6.45) is 0. The predicted octanol–water partition coefficient (Wildman–Crippen LogP) is 1.27. The Morgan fingerprint density at radius 2 is 2.38 bits per heavy atom. The van der Waals surface area contributed by atoms with Gasteiger partial charge in [0.15, 0.2) is 0 Å². The number of hydrogen-bond donors (Lipinski definition) is 2. The van der Waals surface area contributed by atoms with Gasteiger partial charge in [0.1, 0.15) is 10.9 Å². The highest BCUT2D eigenvalue weighted by molar-refractivity contribution is 6.30. The summed E-state index contributed by atoms with van der Waals surface area (Å²) in [7, 11) is 0. The Labute approximate surface area is 80.1 Å². The molecule has 0 aromatic carbocycles. The Balaban J connectivity index is 2.99. The number of aromatic nitrogens is 1. The topological polar surface area (TPSA) is 62.3 Å². The normalized spacial score (nSPS) is 10.3. The van der Waals surface area contributed by atoms with Crippen molar-refractivity contribution < 1.29 is 9.84 Å². The van der Waals surface area contributed by atoms with Crippen molar-refractivity contribution in [2.75, 3.05) is 6.61 Å². The van der Waals surface area contributed by atoms with E-state index in [0.717, 1.165) is 6.07 Å². The van der Waals surface area contributed by atoms with Crippen LogP contribution in [0.3, 0.4) is 0 Å². The van der Waals surface area contributed by atoms with Crippen molar-refractivity contribution in [2.24, 2.45) is 0 Å². The summed E-state index contributed by atoms with van der Waals surface area (Å²) in [5.41, 5.74) is -0.0223. The van der Waals surface area contributed by atoms with E-state index in [9.17, 15) is 9.90 Å². The third kappa shape index (κ3) is 2.47. The molecular formula is C8H10ClNO3. The van der Waals surface area contributed by atoms with E-state index in [0.29, 0.717) is 12.2 Å². The molecule has 4 nitrogen and oxygen atoms in total. The number of rotatable bonds is 3. The van der Waals surface area contributed by atoms with Crippen LogP contribution < -0.4 is 5.56 Å². The van der Waals surface area contributed by atoms with E-state index in [1.165, 1.54) is 0 Å². The summed E-state index contributed by atoms with van der Waals surface area (Å²) in [4.78, 5) is 13.2. The molecule has 5 heteroatoms. The van der Waals surface area contributed by atoms with Gasteiger partial charge in [-0.25, -0.2) is 0 Å². The van der Waals surface area contributed by atoms with Gasteiger partial charge in [-0.2, -0.15) is 0 Å². The van der Waals surface area contributed by atoms with Crippen molar-refractivity contribution in [2.45, 2.75) is 13.5 Å². The van der Waals surface area contributed by atoms with E-state index < -0.39 is 5.56 Å². The summed E-state index contributed by atoms with van der Waals surface area (Å²) in [5, 5.41) is 9.44. The van der Waals surface area contributed by atoms with Crippen LogP contribution in [0.2, 0.25) is 5.15 Å². The molecule has 1 aromatic rings. The van der Waals surface area contributed by atoms with Gasteiger partial charge in [-0.3, -0.25) is 4.79 Å². The number of nitrogens with one attached hydrogen (secondary N) is 1. The minimum atomic E-state index is -0.428. The minimum Gasteiger partial charge on any atom is -0.507 e. The van der Waals surface area contributed by atoms with E-state index in [-0.39, 0.29) is 17.5 Å². The molecule has 0 radical (unpaired) electrons. The number of aromatic hydroxyl groups is 1. The minimum absolute atomic E-state index is 0.124. The van der Waals surface area contributed by atoms with Gasteiger partial charge in [0.25, 0.3) is 5.56 Å². The van der Waals surface area contributed by atoms with E-state index in [1.807, 2.05) is 6.92 Å². The van der Waals surface area contributed by atoms with Gasteiger partial charge >= 0.3 is 0 Å². The predicted molar refractivity (Wildman–Crippen MR) is 49.1 cm³/mol. The first-order valence-corrected chi connectivity index (χ1v) is 4.21. The average molecular weight is 204 g/mol. The molecule has 1 heterocycles. The van der Waals surface area contributed by atoms with Crippen LogP contribution in [-0.2, 0) is 11.3 Å². The van der Waals surface area contributed by atoms with Crippen molar-refractivity contribution in [3.63, 3.8) is 0 Å². The molecule has 0 amide bonds. The smallest absolute Gasteiger partial charge is 0.252 e. The first-order valence-electron chi connectivity index (χ1n) is 3.83. The van der Waals surface area contributed by atoms with Crippen molar-refractivity contribution in [1.82, 2.24) is 4.98 Å². The molecule has 0 bridgehead atoms. The van der Waals surface area contributed by atoms with Gasteiger partial charge in [0, 0.05) is 12.7 Å². The highest BCUT2D eigenvalue weighted by Crippen LogP contribution is 2.21. The number of pyridine rings is 1. The summed E-state index contributed by atoms with van der Waals surface area (Å²) < 4.78 is 5.05. The second-order valence-corrected chi connectivity index (χ2v) is 2.83. The van der Waals surface area contributed by atoms with Gasteiger partial charge in [-0.1, -0.05) is 11.6 Å². The molecule has 0 spiro atoms. The average Bonchev–Trinajstić information content (AvgIpc) is 2.02. The Morgan fingerprint density at radius 3 is 2.92 bits per heavy atom. The fourth-order valence-electron chi connectivity index (χ4n) is 0.885. The maximum Gasteiger partial charge on any atom is 0.252 e. The molecule has 13 heavy (non-hydrogen) atoms. The third-order valence-electron chi connectivity index (χ3n) is 1.53. The zero-order valence-corrected chi connectivity index (χ0v) is 7.89. The fraction of sp³-hybridized carbons (Fsp3) is 0.375. The molecule has 0 unspecified atom stereocenters. The largest absolute Gasteiger partial charge is 0.507 e. The summed E-state index contributed by atoms with van der Waals surface area (Å²) in [5.74, 6) is -0.137. The lowest BCUT2D eigenvalue weighted by Gasteiger charge is -2.05. The number of H-pyrrole nitrogens is 1. The van der Waals surface area contributed by atoms with Crippen molar-refractivity contribution in [3.8, 4) is 5.75 Å². The molecule has 1 rings (SSSR count). The molecule has 2 N–H and O–H groups in total. The maximum absolute atomic E-state index is 10.8. The third-order valence-corrected chi connectivity index (χ3v) is 1.85. The van der Waals surface area contributed by atoms with Crippen LogP contribution >= 0.6 is 11.6 Å². The van der Waals surface area contributed by atoms with Crippen LogP contribution in [0.25, 0.3) is 0 Å². The molecule has 72 valence electrons. The van der Waals surface area contributed by atoms with Crippen molar-refractivity contribution >= 4 is 11.6 Å². The second kappa shape index (κ2) is 4.30. The van der Waals surface area contributed by atoms with E-state index in [4.69, 9.17) is 16.3 Å². The van der Waals surface area contributed by atoms with Gasteiger partial charge in [0.05, 0.1) is 12.2 Å². The number of aromatic amines is 1. The highest BCUT2D eigenvalue weighted by atomic mass is 35.5. The van der Waals surface area contributed by atoms with Gasteiger partial charge in [0.2, 0.25) is 0 Å². The number of hydrogen-bond acceptors (Lipinski definition) is 3. The fourth-order valence-corrected chi connectivity index (χ4v) is 1.13. The highest BCUT2D eigenvalue weighted by Gasteiger charge is 2.07. The zero-order chi connectivity index (χ0) is 9.84. The molecule has 0 aliphatic rings. The molecule has 1 aromatic heterocycles. The van der Waals surface area contributed by atoms with Crippen LogP contribution in [0.1, 0.15) is 12.5 Å². The van der Waals surface area contributed by atoms with E-state index >= 15 is 0 Å². The first-order chi connectivity index (χ1) is 6.15. The van der Waals surface area contributed by atoms with Gasteiger partial charge < -0.3 is 14.8 Å². The van der Waals surface area contributed by atoms with Crippen LogP contribution in [0.5, 0.6) is 5.75 Å². The molecule has 0 atom stereocenters. The molecular weight excluding hydrogens is 194 g/mol. The lowest BCUT2D eigenvalue weighted by molar-refractivity contribution is 0.132. The Kier molecular flexibility index (Phi) is 3.33. The summed E-state index contributed by atoms with van der Waals surface area (Å²) in [6.45, 7) is 2.55. The number of halogens is 1. The maximum atomic E-state index is 10.8. The Hall–Kier alpha value is -1.00. The molecule has 0 saturated heterocycles. The van der Waals surface area contributed by atoms with E-state index in [1.54, 1.807) is 0 Å². The Morgan fingerprint density at radius 1 is 1.69 bits per heavy atom. The van der Waals surface area contributed by atoms with Crippen LogP contribution in [0, 0.1) is 0 Å². The Bertz CT molecular complexity index is 321. The lowest BCUT2D eigenvalue weighted by atomic mass is 10.3. The molecule has 0 aliphatic heterocycles. The number of ether oxygens (including phenoxy) is 1. The lowest BCUT2D eigenvalue weighted by Crippen LogP contribution is -2.06. The monoisotopic (exact) mass is 203 g/mol. The van der Waals surface area contributed by atoms with E-state index in [2.05, 4.69) is 4.98 Å². The zero-order valence-electron chi connectivity index (χ0n) is 7.13. The quantitative estimate of drug-likeness (QED) is 0.728. The van der Waals surface area contributed by atoms with Gasteiger partial charge in [-0.15, -0.1) is 0 Å². The van der Waals surface area contributed by atoms with Gasteiger partial charge in [-0.05, 0) is 6.92 Å². The van der Waals surface area contributed by atoms with Crippen LogP contribution in [0.4, 0.5) is 0 Å². The molecule has 0 fully saturated rings.